The monoisotopic (exact) mass is 255 g/mol. The molecule has 1 aromatic heterocycles. The fourth-order valence-electron chi connectivity index (χ4n) is 1.95. The maximum absolute atomic E-state index is 4.21. The smallest absolute Gasteiger partial charge is 0.143 e. The van der Waals surface area contributed by atoms with Gasteiger partial charge in [0.1, 0.15) is 12.1 Å². The summed E-state index contributed by atoms with van der Waals surface area (Å²) in [4.78, 5) is 8.15. The molecule has 0 aliphatic heterocycles. The van der Waals surface area contributed by atoms with Gasteiger partial charge >= 0.3 is 0 Å². The highest BCUT2D eigenvalue weighted by molar-refractivity contribution is 9.10. The summed E-state index contributed by atoms with van der Waals surface area (Å²) in [5, 5.41) is 3.46. The molecule has 1 aliphatic rings. The number of hydrogen-bond acceptors (Lipinski definition) is 3. The standard InChI is InChI=1S/C10H14BrN3/c1-7-3-2-4-9(7)14-10-8(11)5-12-6-13-10/h5-7,9H,2-4H2,1H3,(H,12,13,14). The lowest BCUT2D eigenvalue weighted by Crippen LogP contribution is -2.22. The molecule has 2 atom stereocenters. The summed E-state index contributed by atoms with van der Waals surface area (Å²) in [5.74, 6) is 1.66. The zero-order valence-corrected chi connectivity index (χ0v) is 9.79. The molecule has 1 aromatic rings. The van der Waals surface area contributed by atoms with E-state index in [9.17, 15) is 0 Å². The average Bonchev–Trinajstić information content (AvgIpc) is 2.56. The Hall–Kier alpha value is -0.640. The first kappa shape index (κ1) is 9.90. The highest BCUT2D eigenvalue weighted by Crippen LogP contribution is 2.29. The van der Waals surface area contributed by atoms with Crippen molar-refractivity contribution in [3.8, 4) is 0 Å². The molecule has 1 aliphatic carbocycles. The lowest BCUT2D eigenvalue weighted by Gasteiger charge is -2.18. The van der Waals surface area contributed by atoms with Crippen LogP contribution in [-0.2, 0) is 0 Å². The molecule has 76 valence electrons. The molecule has 1 fully saturated rings. The first-order valence-electron chi connectivity index (χ1n) is 4.99. The number of nitrogens with zero attached hydrogens (tertiary/aromatic N) is 2. The Morgan fingerprint density at radius 1 is 1.50 bits per heavy atom. The Balaban J connectivity index is 2.07. The van der Waals surface area contributed by atoms with Crippen LogP contribution in [0.5, 0.6) is 0 Å². The Kier molecular flexibility index (Phi) is 3.01. The number of anilines is 1. The van der Waals surface area contributed by atoms with Crippen LogP contribution in [0.4, 0.5) is 5.82 Å². The minimum Gasteiger partial charge on any atom is -0.366 e. The third kappa shape index (κ3) is 2.05. The number of hydrogen-bond donors (Lipinski definition) is 1. The molecule has 0 spiro atoms. The van der Waals surface area contributed by atoms with Crippen molar-refractivity contribution in [1.82, 2.24) is 9.97 Å². The van der Waals surface area contributed by atoms with Gasteiger partial charge in [0.05, 0.1) is 4.47 Å². The minimum absolute atomic E-state index is 0.571. The van der Waals surface area contributed by atoms with Crippen molar-refractivity contribution in [1.29, 1.82) is 0 Å². The molecule has 0 aromatic carbocycles. The molecule has 0 bridgehead atoms. The van der Waals surface area contributed by atoms with E-state index >= 15 is 0 Å². The zero-order chi connectivity index (χ0) is 9.97. The van der Waals surface area contributed by atoms with Crippen LogP contribution in [0, 0.1) is 5.92 Å². The Labute approximate surface area is 92.5 Å². The van der Waals surface area contributed by atoms with Gasteiger partial charge < -0.3 is 5.32 Å². The van der Waals surface area contributed by atoms with E-state index in [1.165, 1.54) is 19.3 Å². The second-order valence-electron chi connectivity index (χ2n) is 3.88. The quantitative estimate of drug-likeness (QED) is 0.884. The summed E-state index contributed by atoms with van der Waals surface area (Å²) in [6.45, 7) is 2.29. The van der Waals surface area contributed by atoms with Crippen molar-refractivity contribution in [2.24, 2.45) is 5.92 Å². The summed E-state index contributed by atoms with van der Waals surface area (Å²) < 4.78 is 0.944. The lowest BCUT2D eigenvalue weighted by molar-refractivity contribution is 0.554. The molecule has 14 heavy (non-hydrogen) atoms. The van der Waals surface area contributed by atoms with Gasteiger partial charge in [-0.1, -0.05) is 13.3 Å². The molecule has 2 unspecified atom stereocenters. The summed E-state index contributed by atoms with van der Waals surface area (Å²) >= 11 is 3.44. The van der Waals surface area contributed by atoms with Gasteiger partial charge in [-0.3, -0.25) is 0 Å². The van der Waals surface area contributed by atoms with Gasteiger partial charge in [-0.05, 0) is 34.7 Å². The summed E-state index contributed by atoms with van der Waals surface area (Å²) in [7, 11) is 0. The molecule has 1 N–H and O–H groups in total. The van der Waals surface area contributed by atoms with E-state index in [4.69, 9.17) is 0 Å². The van der Waals surface area contributed by atoms with Crippen LogP contribution in [0.1, 0.15) is 26.2 Å². The van der Waals surface area contributed by atoms with Crippen LogP contribution in [0.15, 0.2) is 17.0 Å². The van der Waals surface area contributed by atoms with Gasteiger partial charge in [0.25, 0.3) is 0 Å². The van der Waals surface area contributed by atoms with Gasteiger partial charge in [0.15, 0.2) is 0 Å². The van der Waals surface area contributed by atoms with E-state index in [0.717, 1.165) is 16.2 Å². The predicted octanol–water partition coefficient (Wildman–Crippen LogP) is 2.84. The molecule has 1 heterocycles. The SMILES string of the molecule is CC1CCCC1Nc1ncncc1Br. The normalized spacial score (nSPS) is 26.4. The number of halogens is 1. The summed E-state index contributed by atoms with van der Waals surface area (Å²) in [6.07, 6.45) is 7.24. The molecule has 4 heteroatoms. The van der Waals surface area contributed by atoms with Gasteiger partial charge in [0, 0.05) is 12.2 Å². The number of aromatic nitrogens is 2. The fourth-order valence-corrected chi connectivity index (χ4v) is 2.29. The molecule has 0 amide bonds. The zero-order valence-electron chi connectivity index (χ0n) is 8.20. The summed E-state index contributed by atoms with van der Waals surface area (Å²) in [5.41, 5.74) is 0. The van der Waals surface area contributed by atoms with Gasteiger partial charge in [-0.25, -0.2) is 9.97 Å². The van der Waals surface area contributed by atoms with E-state index in [-0.39, 0.29) is 0 Å². The molecular formula is C10H14BrN3. The Morgan fingerprint density at radius 3 is 3.00 bits per heavy atom. The van der Waals surface area contributed by atoms with E-state index < -0.39 is 0 Å². The van der Waals surface area contributed by atoms with Crippen LogP contribution in [0.3, 0.4) is 0 Å². The second kappa shape index (κ2) is 4.26. The van der Waals surface area contributed by atoms with E-state index in [1.807, 2.05) is 0 Å². The van der Waals surface area contributed by atoms with Crippen molar-refractivity contribution in [3.63, 3.8) is 0 Å². The molecular weight excluding hydrogens is 242 g/mol. The third-order valence-electron chi connectivity index (χ3n) is 2.85. The molecule has 0 radical (unpaired) electrons. The van der Waals surface area contributed by atoms with Crippen LogP contribution in [0.2, 0.25) is 0 Å². The average molecular weight is 256 g/mol. The van der Waals surface area contributed by atoms with Crippen molar-refractivity contribution in [3.05, 3.63) is 17.0 Å². The van der Waals surface area contributed by atoms with Gasteiger partial charge in [-0.2, -0.15) is 0 Å². The van der Waals surface area contributed by atoms with Crippen molar-refractivity contribution < 1.29 is 0 Å². The lowest BCUT2D eigenvalue weighted by atomic mass is 10.1. The van der Waals surface area contributed by atoms with Crippen molar-refractivity contribution in [2.45, 2.75) is 32.2 Å². The van der Waals surface area contributed by atoms with Crippen LogP contribution >= 0.6 is 15.9 Å². The Morgan fingerprint density at radius 2 is 2.36 bits per heavy atom. The maximum Gasteiger partial charge on any atom is 0.143 e. The van der Waals surface area contributed by atoms with E-state index in [0.29, 0.717) is 6.04 Å². The molecule has 3 nitrogen and oxygen atoms in total. The van der Waals surface area contributed by atoms with Crippen molar-refractivity contribution >= 4 is 21.7 Å². The highest BCUT2D eigenvalue weighted by Gasteiger charge is 2.23. The molecule has 0 saturated heterocycles. The summed E-state index contributed by atoms with van der Waals surface area (Å²) in [6, 6.07) is 0.571. The highest BCUT2D eigenvalue weighted by atomic mass is 79.9. The van der Waals surface area contributed by atoms with Gasteiger partial charge in [-0.15, -0.1) is 0 Å². The van der Waals surface area contributed by atoms with Gasteiger partial charge in [0.2, 0.25) is 0 Å². The number of rotatable bonds is 2. The molecule has 2 rings (SSSR count). The van der Waals surface area contributed by atoms with Crippen LogP contribution < -0.4 is 5.32 Å². The van der Waals surface area contributed by atoms with E-state index in [1.54, 1.807) is 12.5 Å². The van der Waals surface area contributed by atoms with E-state index in [2.05, 4.69) is 38.1 Å². The fraction of sp³-hybridized carbons (Fsp3) is 0.600. The first-order chi connectivity index (χ1) is 6.77. The third-order valence-corrected chi connectivity index (χ3v) is 3.43. The topological polar surface area (TPSA) is 37.8 Å². The van der Waals surface area contributed by atoms with Crippen LogP contribution in [-0.4, -0.2) is 16.0 Å². The Bertz CT molecular complexity index is 316. The van der Waals surface area contributed by atoms with Crippen molar-refractivity contribution in [2.75, 3.05) is 5.32 Å². The number of nitrogens with one attached hydrogen (secondary N) is 1. The maximum atomic E-state index is 4.21. The second-order valence-corrected chi connectivity index (χ2v) is 4.73. The first-order valence-corrected chi connectivity index (χ1v) is 5.78. The minimum atomic E-state index is 0.571. The predicted molar refractivity (Wildman–Crippen MR) is 60.2 cm³/mol. The largest absolute Gasteiger partial charge is 0.366 e. The van der Waals surface area contributed by atoms with Crippen LogP contribution in [0.25, 0.3) is 0 Å². The molecule has 1 saturated carbocycles.